The summed E-state index contributed by atoms with van der Waals surface area (Å²) in [6, 6.07) is 17.5. The molecule has 3 aromatic rings. The van der Waals surface area contributed by atoms with Gasteiger partial charge in [0.25, 0.3) is 0 Å². The summed E-state index contributed by atoms with van der Waals surface area (Å²) in [7, 11) is -2.10. The van der Waals surface area contributed by atoms with Gasteiger partial charge in [-0.1, -0.05) is 35.9 Å². The minimum atomic E-state index is -3.62. The van der Waals surface area contributed by atoms with E-state index >= 15 is 0 Å². The van der Waals surface area contributed by atoms with Crippen molar-refractivity contribution in [1.82, 2.24) is 9.71 Å². The van der Waals surface area contributed by atoms with Crippen LogP contribution >= 0.6 is 11.6 Å². The topological polar surface area (TPSA) is 68.3 Å². The molecule has 0 saturated carbocycles. The minimum absolute atomic E-state index is 0.153. The number of pyridine rings is 1. The molecule has 7 heteroatoms. The molecule has 0 saturated heterocycles. The first kappa shape index (κ1) is 18.4. The molecule has 0 aliphatic rings. The van der Waals surface area contributed by atoms with Crippen LogP contribution in [-0.2, 0) is 16.6 Å². The maximum absolute atomic E-state index is 12.5. The molecule has 0 unspecified atom stereocenters. The third-order valence-corrected chi connectivity index (χ3v) is 5.49. The van der Waals surface area contributed by atoms with E-state index in [9.17, 15) is 8.42 Å². The van der Waals surface area contributed by atoms with Crippen molar-refractivity contribution in [3.8, 4) is 17.0 Å². The number of benzene rings is 2. The van der Waals surface area contributed by atoms with Crippen LogP contribution in [0.15, 0.2) is 71.8 Å². The minimum Gasteiger partial charge on any atom is -0.481 e. The van der Waals surface area contributed by atoms with Crippen LogP contribution in [-0.4, -0.2) is 20.5 Å². The van der Waals surface area contributed by atoms with Gasteiger partial charge in [0, 0.05) is 23.8 Å². The lowest BCUT2D eigenvalue weighted by Gasteiger charge is -2.09. The van der Waals surface area contributed by atoms with Crippen molar-refractivity contribution in [3.63, 3.8) is 0 Å². The number of methoxy groups -OCH3 is 1. The second kappa shape index (κ2) is 7.86. The molecule has 26 heavy (non-hydrogen) atoms. The smallest absolute Gasteiger partial charge is 0.240 e. The Bertz CT molecular complexity index is 988. The first-order valence-electron chi connectivity index (χ1n) is 7.82. The summed E-state index contributed by atoms with van der Waals surface area (Å²) in [5, 5.41) is 0.657. The summed E-state index contributed by atoms with van der Waals surface area (Å²) >= 11 is 5.89. The number of aromatic nitrogens is 1. The Morgan fingerprint density at radius 1 is 1.00 bits per heavy atom. The maximum atomic E-state index is 12.5. The number of sulfonamides is 1. The second-order valence-corrected chi connectivity index (χ2v) is 7.77. The van der Waals surface area contributed by atoms with E-state index in [0.717, 1.165) is 16.7 Å². The van der Waals surface area contributed by atoms with Crippen molar-refractivity contribution in [3.05, 3.63) is 77.4 Å². The van der Waals surface area contributed by atoms with Crippen molar-refractivity contribution in [2.24, 2.45) is 0 Å². The molecule has 0 aliphatic heterocycles. The van der Waals surface area contributed by atoms with Gasteiger partial charge in [-0.05, 0) is 47.0 Å². The van der Waals surface area contributed by atoms with E-state index in [2.05, 4.69) is 9.71 Å². The fraction of sp³-hybridized carbons (Fsp3) is 0.105. The number of rotatable bonds is 6. The number of ether oxygens (including phenoxy) is 1. The Balaban J connectivity index is 1.73. The lowest BCUT2D eigenvalue weighted by Crippen LogP contribution is -2.23. The molecular weight excluding hydrogens is 372 g/mol. The molecule has 0 amide bonds. The van der Waals surface area contributed by atoms with E-state index in [1.54, 1.807) is 54.7 Å². The first-order valence-corrected chi connectivity index (χ1v) is 9.69. The lowest BCUT2D eigenvalue weighted by atomic mass is 10.1. The van der Waals surface area contributed by atoms with Crippen molar-refractivity contribution in [2.45, 2.75) is 11.4 Å². The van der Waals surface area contributed by atoms with Gasteiger partial charge in [0.2, 0.25) is 15.9 Å². The van der Waals surface area contributed by atoms with Gasteiger partial charge in [-0.15, -0.1) is 0 Å². The van der Waals surface area contributed by atoms with Gasteiger partial charge in [0.05, 0.1) is 12.0 Å². The molecular formula is C19H17ClN2O3S. The molecule has 3 rings (SSSR count). The molecule has 0 aliphatic carbocycles. The summed E-state index contributed by atoms with van der Waals surface area (Å²) in [5.41, 5.74) is 2.65. The summed E-state index contributed by atoms with van der Waals surface area (Å²) in [6.07, 6.45) is 1.57. The van der Waals surface area contributed by atoms with E-state index in [1.807, 2.05) is 12.1 Å². The number of hydrogen-bond donors (Lipinski definition) is 1. The summed E-state index contributed by atoms with van der Waals surface area (Å²) < 4.78 is 32.6. The van der Waals surface area contributed by atoms with Gasteiger partial charge < -0.3 is 4.74 Å². The number of nitrogens with one attached hydrogen (secondary N) is 1. The predicted molar refractivity (Wildman–Crippen MR) is 102 cm³/mol. The Morgan fingerprint density at radius 3 is 2.23 bits per heavy atom. The van der Waals surface area contributed by atoms with Gasteiger partial charge in [-0.25, -0.2) is 18.1 Å². The Morgan fingerprint density at radius 2 is 1.62 bits per heavy atom. The first-order chi connectivity index (χ1) is 12.5. The molecule has 2 aromatic carbocycles. The molecule has 0 bridgehead atoms. The van der Waals surface area contributed by atoms with Crippen molar-refractivity contribution < 1.29 is 13.2 Å². The summed E-state index contributed by atoms with van der Waals surface area (Å²) in [5.74, 6) is 0.439. The summed E-state index contributed by atoms with van der Waals surface area (Å²) in [4.78, 5) is 4.20. The highest BCUT2D eigenvalue weighted by Crippen LogP contribution is 2.23. The van der Waals surface area contributed by atoms with Crippen molar-refractivity contribution >= 4 is 21.6 Å². The molecule has 1 aromatic heterocycles. The highest BCUT2D eigenvalue weighted by Gasteiger charge is 2.14. The van der Waals surface area contributed by atoms with Gasteiger partial charge in [0.15, 0.2) is 0 Å². The fourth-order valence-electron chi connectivity index (χ4n) is 2.40. The molecule has 1 N–H and O–H groups in total. The SMILES string of the molecule is COc1cc(CNS(=O)(=O)c2ccc(-c3ccc(Cl)cc3)cc2)ccn1. The van der Waals surface area contributed by atoms with Crippen LogP contribution < -0.4 is 9.46 Å². The van der Waals surface area contributed by atoms with E-state index in [1.165, 1.54) is 7.11 Å². The zero-order chi connectivity index (χ0) is 18.6. The van der Waals surface area contributed by atoms with Crippen LogP contribution in [0.5, 0.6) is 5.88 Å². The van der Waals surface area contributed by atoms with Gasteiger partial charge >= 0.3 is 0 Å². The third kappa shape index (κ3) is 4.40. The van der Waals surface area contributed by atoms with E-state index in [-0.39, 0.29) is 11.4 Å². The Labute approximate surface area is 157 Å². The average Bonchev–Trinajstić information content (AvgIpc) is 2.67. The van der Waals surface area contributed by atoms with Crippen LogP contribution in [0.4, 0.5) is 0 Å². The summed E-state index contributed by atoms with van der Waals surface area (Å²) in [6.45, 7) is 0.153. The third-order valence-electron chi connectivity index (χ3n) is 3.82. The zero-order valence-electron chi connectivity index (χ0n) is 14.0. The molecule has 0 spiro atoms. The Hall–Kier alpha value is -2.41. The molecule has 0 radical (unpaired) electrons. The average molecular weight is 389 g/mol. The largest absolute Gasteiger partial charge is 0.481 e. The number of halogens is 1. The lowest BCUT2D eigenvalue weighted by molar-refractivity contribution is 0.397. The van der Waals surface area contributed by atoms with Gasteiger partial charge in [0.1, 0.15) is 0 Å². The molecule has 1 heterocycles. The fourth-order valence-corrected chi connectivity index (χ4v) is 3.55. The predicted octanol–water partition coefficient (Wildman–Crippen LogP) is 3.89. The van der Waals surface area contributed by atoms with Crippen LogP contribution in [0.3, 0.4) is 0 Å². The molecule has 0 fully saturated rings. The quantitative estimate of drug-likeness (QED) is 0.695. The van der Waals surface area contributed by atoms with Crippen LogP contribution in [0, 0.1) is 0 Å². The van der Waals surface area contributed by atoms with Crippen LogP contribution in [0.25, 0.3) is 11.1 Å². The van der Waals surface area contributed by atoms with Crippen LogP contribution in [0.1, 0.15) is 5.56 Å². The molecule has 5 nitrogen and oxygen atoms in total. The van der Waals surface area contributed by atoms with Crippen molar-refractivity contribution in [2.75, 3.05) is 7.11 Å². The second-order valence-electron chi connectivity index (χ2n) is 5.56. The normalized spacial score (nSPS) is 11.3. The highest BCUT2D eigenvalue weighted by molar-refractivity contribution is 7.89. The Kier molecular flexibility index (Phi) is 5.56. The van der Waals surface area contributed by atoms with Crippen LogP contribution in [0.2, 0.25) is 5.02 Å². The number of nitrogens with zero attached hydrogens (tertiary/aromatic N) is 1. The van der Waals surface area contributed by atoms with Gasteiger partial charge in [-0.3, -0.25) is 0 Å². The molecule has 134 valence electrons. The maximum Gasteiger partial charge on any atom is 0.240 e. The van der Waals surface area contributed by atoms with E-state index in [0.29, 0.717) is 10.9 Å². The van der Waals surface area contributed by atoms with E-state index in [4.69, 9.17) is 16.3 Å². The zero-order valence-corrected chi connectivity index (χ0v) is 15.6. The molecule has 0 atom stereocenters. The highest BCUT2D eigenvalue weighted by atomic mass is 35.5. The van der Waals surface area contributed by atoms with Crippen molar-refractivity contribution in [1.29, 1.82) is 0 Å². The monoisotopic (exact) mass is 388 g/mol. The van der Waals surface area contributed by atoms with Gasteiger partial charge in [-0.2, -0.15) is 0 Å². The number of hydrogen-bond acceptors (Lipinski definition) is 4. The van der Waals surface area contributed by atoms with E-state index < -0.39 is 10.0 Å². The standard InChI is InChI=1S/C19H17ClN2O3S/c1-25-19-12-14(10-11-21-19)13-22-26(23,24)18-8-4-16(5-9-18)15-2-6-17(20)7-3-15/h2-12,22H,13H2,1H3.